The Bertz CT molecular complexity index is 769. The summed E-state index contributed by atoms with van der Waals surface area (Å²) in [5, 5.41) is 10.4. The molecule has 7 nitrogen and oxygen atoms in total. The molecule has 0 bridgehead atoms. The summed E-state index contributed by atoms with van der Waals surface area (Å²) < 4.78 is 11.2. The maximum atomic E-state index is 12.9. The van der Waals surface area contributed by atoms with Crippen LogP contribution in [0.2, 0.25) is 0 Å². The van der Waals surface area contributed by atoms with Crippen molar-refractivity contribution >= 4 is 5.91 Å². The monoisotopic (exact) mass is 371 g/mol. The fraction of sp³-hybridized carbons (Fsp3) is 0.450. The zero-order valence-corrected chi connectivity index (χ0v) is 15.7. The normalized spacial score (nSPS) is 19.1. The van der Waals surface area contributed by atoms with Gasteiger partial charge in [0.15, 0.2) is 11.5 Å². The average molecular weight is 371 g/mol. The van der Waals surface area contributed by atoms with Gasteiger partial charge in [-0.2, -0.15) is 0 Å². The summed E-state index contributed by atoms with van der Waals surface area (Å²) in [5.41, 5.74) is 1.34. The van der Waals surface area contributed by atoms with Crippen LogP contribution in [0.4, 0.5) is 0 Å². The van der Waals surface area contributed by atoms with E-state index in [0.717, 1.165) is 5.69 Å². The van der Waals surface area contributed by atoms with E-state index in [0.29, 0.717) is 49.8 Å². The molecule has 0 spiro atoms. The van der Waals surface area contributed by atoms with Crippen LogP contribution < -0.4 is 9.47 Å². The third kappa shape index (κ3) is 4.54. The largest absolute Gasteiger partial charge is 0.490 e. The first-order valence-corrected chi connectivity index (χ1v) is 9.24. The number of benzene rings is 1. The van der Waals surface area contributed by atoms with Gasteiger partial charge in [-0.1, -0.05) is 0 Å². The van der Waals surface area contributed by atoms with Crippen molar-refractivity contribution in [1.82, 2.24) is 14.9 Å². The number of aliphatic hydroxyl groups excluding tert-OH is 1. The smallest absolute Gasteiger partial charge is 0.254 e. The molecule has 2 aromatic rings. The molecule has 2 atom stereocenters. The lowest BCUT2D eigenvalue weighted by Crippen LogP contribution is -2.29. The molecule has 0 saturated carbocycles. The van der Waals surface area contributed by atoms with Gasteiger partial charge in [0.25, 0.3) is 5.91 Å². The Morgan fingerprint density at radius 3 is 2.67 bits per heavy atom. The number of aromatic nitrogens is 2. The highest BCUT2D eigenvalue weighted by Crippen LogP contribution is 2.30. The fourth-order valence-corrected chi connectivity index (χ4v) is 3.29. The molecule has 3 rings (SSSR count). The number of likely N-dealkylation sites (tertiary alicyclic amines) is 1. The number of nitrogens with zero attached hydrogens (tertiary/aromatic N) is 3. The second kappa shape index (κ2) is 8.81. The minimum Gasteiger partial charge on any atom is -0.490 e. The predicted molar refractivity (Wildman–Crippen MR) is 99.9 cm³/mol. The van der Waals surface area contributed by atoms with Gasteiger partial charge in [0.1, 0.15) is 0 Å². The maximum absolute atomic E-state index is 12.9. The predicted octanol–water partition coefficient (Wildman–Crippen LogP) is 1.95. The number of ether oxygens (including phenoxy) is 2. The van der Waals surface area contributed by atoms with Crippen LogP contribution >= 0.6 is 0 Å². The first kappa shape index (κ1) is 19.1. The van der Waals surface area contributed by atoms with Gasteiger partial charge in [-0.05, 0) is 38.5 Å². The zero-order chi connectivity index (χ0) is 19.2. The van der Waals surface area contributed by atoms with Crippen LogP contribution in [0.3, 0.4) is 0 Å². The van der Waals surface area contributed by atoms with E-state index in [1.54, 1.807) is 41.7 Å². The standard InChI is InChI=1S/C20H25N3O4/c1-3-26-18-6-5-14(10-19(18)27-4-2)20(25)23-12-15(17(24)13-23)9-16-11-21-7-8-22-16/h5-8,10-11,15,17,24H,3-4,9,12-13H2,1-2H3/t15-,17-/m1/s1. The number of hydrogen-bond acceptors (Lipinski definition) is 6. The molecule has 1 saturated heterocycles. The average Bonchev–Trinajstić information content (AvgIpc) is 3.04. The van der Waals surface area contributed by atoms with Gasteiger partial charge in [-0.25, -0.2) is 0 Å². The quantitative estimate of drug-likeness (QED) is 0.801. The summed E-state index contributed by atoms with van der Waals surface area (Å²) in [6, 6.07) is 5.20. The second-order valence-corrected chi connectivity index (χ2v) is 6.47. The van der Waals surface area contributed by atoms with Crippen LogP contribution in [-0.4, -0.2) is 58.3 Å². The molecule has 1 fully saturated rings. The van der Waals surface area contributed by atoms with E-state index < -0.39 is 6.10 Å². The molecule has 144 valence electrons. The molecule has 1 aliphatic rings. The number of aliphatic hydroxyl groups is 1. The number of carbonyl (C=O) groups is 1. The lowest BCUT2D eigenvalue weighted by atomic mass is 10.0. The molecule has 1 aromatic heterocycles. The van der Waals surface area contributed by atoms with Crippen LogP contribution in [0.25, 0.3) is 0 Å². The summed E-state index contributed by atoms with van der Waals surface area (Å²) in [5.74, 6) is 0.998. The fourth-order valence-electron chi connectivity index (χ4n) is 3.29. The Labute approximate surface area is 159 Å². The molecule has 0 unspecified atom stereocenters. The summed E-state index contributed by atoms with van der Waals surface area (Å²) in [6.07, 6.45) is 4.95. The van der Waals surface area contributed by atoms with Crippen molar-refractivity contribution in [3.63, 3.8) is 0 Å². The summed E-state index contributed by atoms with van der Waals surface area (Å²) in [6.45, 7) is 5.58. The number of amides is 1. The van der Waals surface area contributed by atoms with Crippen LogP contribution in [0.1, 0.15) is 29.9 Å². The molecule has 2 heterocycles. The van der Waals surface area contributed by atoms with E-state index in [9.17, 15) is 9.90 Å². The van der Waals surface area contributed by atoms with E-state index in [4.69, 9.17) is 9.47 Å². The van der Waals surface area contributed by atoms with Crippen molar-refractivity contribution in [2.75, 3.05) is 26.3 Å². The molecule has 27 heavy (non-hydrogen) atoms. The van der Waals surface area contributed by atoms with Gasteiger partial charge < -0.3 is 19.5 Å². The van der Waals surface area contributed by atoms with Crippen molar-refractivity contribution < 1.29 is 19.4 Å². The molecular formula is C20H25N3O4. The summed E-state index contributed by atoms with van der Waals surface area (Å²) >= 11 is 0. The SMILES string of the molecule is CCOc1ccc(C(=O)N2C[C@@H](Cc3cnccn3)[C@H](O)C2)cc1OCC. The minimum atomic E-state index is -0.579. The molecule has 1 N–H and O–H groups in total. The Kier molecular flexibility index (Phi) is 6.24. The summed E-state index contributed by atoms with van der Waals surface area (Å²) in [4.78, 5) is 22.9. The van der Waals surface area contributed by atoms with Crippen molar-refractivity contribution in [2.45, 2.75) is 26.4 Å². The first-order valence-electron chi connectivity index (χ1n) is 9.24. The molecule has 0 radical (unpaired) electrons. The zero-order valence-electron chi connectivity index (χ0n) is 15.7. The third-order valence-electron chi connectivity index (χ3n) is 4.57. The third-order valence-corrected chi connectivity index (χ3v) is 4.57. The molecule has 1 aliphatic heterocycles. The summed E-state index contributed by atoms with van der Waals surface area (Å²) in [7, 11) is 0. The molecule has 1 aromatic carbocycles. The Balaban J connectivity index is 1.71. The first-order chi connectivity index (χ1) is 13.1. The lowest BCUT2D eigenvalue weighted by Gasteiger charge is -2.18. The lowest BCUT2D eigenvalue weighted by molar-refractivity contribution is 0.0764. The van der Waals surface area contributed by atoms with Gasteiger partial charge in [0.05, 0.1) is 25.0 Å². The van der Waals surface area contributed by atoms with Gasteiger partial charge in [-0.15, -0.1) is 0 Å². The van der Waals surface area contributed by atoms with E-state index in [-0.39, 0.29) is 11.8 Å². The van der Waals surface area contributed by atoms with E-state index in [1.165, 1.54) is 0 Å². The molecule has 1 amide bonds. The van der Waals surface area contributed by atoms with Gasteiger partial charge in [0, 0.05) is 43.2 Å². The highest BCUT2D eigenvalue weighted by Gasteiger charge is 2.34. The Morgan fingerprint density at radius 1 is 1.19 bits per heavy atom. The minimum absolute atomic E-state index is 0.0558. The van der Waals surface area contributed by atoms with Gasteiger partial charge in [-0.3, -0.25) is 14.8 Å². The Hall–Kier alpha value is -2.67. The number of β-amino-alcohol motifs (C(OH)–C–C–N with tert-alkyl or cyclic N) is 1. The van der Waals surface area contributed by atoms with Crippen molar-refractivity contribution in [2.24, 2.45) is 5.92 Å². The van der Waals surface area contributed by atoms with E-state index in [2.05, 4.69) is 9.97 Å². The van der Waals surface area contributed by atoms with Crippen LogP contribution in [0.5, 0.6) is 11.5 Å². The van der Waals surface area contributed by atoms with Crippen LogP contribution in [-0.2, 0) is 6.42 Å². The number of hydrogen-bond donors (Lipinski definition) is 1. The van der Waals surface area contributed by atoms with Crippen molar-refractivity contribution in [3.8, 4) is 11.5 Å². The maximum Gasteiger partial charge on any atom is 0.254 e. The molecule has 0 aliphatic carbocycles. The number of carbonyl (C=O) groups excluding carboxylic acids is 1. The van der Waals surface area contributed by atoms with Crippen molar-refractivity contribution in [1.29, 1.82) is 0 Å². The Morgan fingerprint density at radius 2 is 1.96 bits per heavy atom. The second-order valence-electron chi connectivity index (χ2n) is 6.47. The van der Waals surface area contributed by atoms with Gasteiger partial charge in [0.2, 0.25) is 0 Å². The van der Waals surface area contributed by atoms with Crippen LogP contribution in [0.15, 0.2) is 36.8 Å². The van der Waals surface area contributed by atoms with Crippen molar-refractivity contribution in [3.05, 3.63) is 48.0 Å². The topological polar surface area (TPSA) is 84.8 Å². The van der Waals surface area contributed by atoms with E-state index in [1.807, 2.05) is 13.8 Å². The molecular weight excluding hydrogens is 346 g/mol. The molecule has 7 heteroatoms. The van der Waals surface area contributed by atoms with Crippen LogP contribution in [0, 0.1) is 5.92 Å². The highest BCUT2D eigenvalue weighted by atomic mass is 16.5. The number of rotatable bonds is 7. The highest BCUT2D eigenvalue weighted by molar-refractivity contribution is 5.95. The van der Waals surface area contributed by atoms with E-state index >= 15 is 0 Å². The van der Waals surface area contributed by atoms with Gasteiger partial charge >= 0.3 is 0 Å².